The summed E-state index contributed by atoms with van der Waals surface area (Å²) in [7, 11) is 0. The molecule has 2 aliphatic heterocycles. The SMILES string of the molecule is CC(C)N1CCC(NCC2(O)CCCN(CCCc3ccccc3)C2=O)CC1. The van der Waals surface area contributed by atoms with E-state index in [0.29, 0.717) is 25.0 Å². The van der Waals surface area contributed by atoms with Crippen molar-refractivity contribution in [2.24, 2.45) is 0 Å². The second kappa shape index (κ2) is 9.86. The first-order chi connectivity index (χ1) is 13.5. The summed E-state index contributed by atoms with van der Waals surface area (Å²) in [5.74, 6) is -0.0843. The van der Waals surface area contributed by atoms with Crippen LogP contribution in [0, 0.1) is 0 Å². The van der Waals surface area contributed by atoms with Gasteiger partial charge in [-0.2, -0.15) is 0 Å². The van der Waals surface area contributed by atoms with Gasteiger partial charge in [0.15, 0.2) is 5.60 Å². The minimum absolute atomic E-state index is 0.0843. The summed E-state index contributed by atoms with van der Waals surface area (Å²) in [6.07, 6.45) is 5.52. The van der Waals surface area contributed by atoms with Crippen LogP contribution in [0.5, 0.6) is 0 Å². The van der Waals surface area contributed by atoms with Crippen molar-refractivity contribution < 1.29 is 9.90 Å². The van der Waals surface area contributed by atoms with Gasteiger partial charge in [-0.1, -0.05) is 30.3 Å². The molecule has 1 aromatic rings. The van der Waals surface area contributed by atoms with E-state index in [4.69, 9.17) is 0 Å². The Balaban J connectivity index is 1.44. The van der Waals surface area contributed by atoms with Gasteiger partial charge >= 0.3 is 0 Å². The minimum atomic E-state index is -1.24. The molecule has 2 N–H and O–H groups in total. The summed E-state index contributed by atoms with van der Waals surface area (Å²) in [6, 6.07) is 11.4. The molecule has 0 saturated carbocycles. The van der Waals surface area contributed by atoms with Gasteiger partial charge in [0.25, 0.3) is 5.91 Å². The number of piperidine rings is 2. The van der Waals surface area contributed by atoms with Crippen LogP contribution in [0.4, 0.5) is 0 Å². The van der Waals surface area contributed by atoms with Crippen LogP contribution in [0.2, 0.25) is 0 Å². The molecule has 1 aromatic carbocycles. The number of aliphatic hydroxyl groups is 1. The molecule has 1 atom stereocenters. The van der Waals surface area contributed by atoms with Crippen LogP contribution in [-0.4, -0.2) is 71.2 Å². The van der Waals surface area contributed by atoms with Crippen molar-refractivity contribution in [1.82, 2.24) is 15.1 Å². The molecule has 0 bridgehead atoms. The number of hydrogen-bond donors (Lipinski definition) is 2. The number of nitrogens with one attached hydrogen (secondary N) is 1. The van der Waals surface area contributed by atoms with Crippen LogP contribution in [-0.2, 0) is 11.2 Å². The highest BCUT2D eigenvalue weighted by Crippen LogP contribution is 2.23. The second-order valence-corrected chi connectivity index (χ2v) is 8.80. The number of carbonyl (C=O) groups excluding carboxylic acids is 1. The van der Waals surface area contributed by atoms with Gasteiger partial charge in [-0.15, -0.1) is 0 Å². The molecule has 0 radical (unpaired) electrons. The predicted octanol–water partition coefficient (Wildman–Crippen LogP) is 2.44. The maximum Gasteiger partial charge on any atom is 0.255 e. The highest BCUT2D eigenvalue weighted by molar-refractivity contribution is 5.86. The van der Waals surface area contributed by atoms with Crippen LogP contribution >= 0.6 is 0 Å². The lowest BCUT2D eigenvalue weighted by Gasteiger charge is -2.40. The molecule has 2 aliphatic rings. The zero-order valence-electron chi connectivity index (χ0n) is 17.6. The van der Waals surface area contributed by atoms with Crippen LogP contribution in [0.25, 0.3) is 0 Å². The molecular formula is C23H37N3O2. The van der Waals surface area contributed by atoms with E-state index >= 15 is 0 Å². The second-order valence-electron chi connectivity index (χ2n) is 8.80. The highest BCUT2D eigenvalue weighted by atomic mass is 16.3. The fraction of sp³-hybridized carbons (Fsp3) is 0.696. The third-order valence-electron chi connectivity index (χ3n) is 6.38. The van der Waals surface area contributed by atoms with Crippen molar-refractivity contribution in [1.29, 1.82) is 0 Å². The molecule has 5 heteroatoms. The molecular weight excluding hydrogens is 350 g/mol. The van der Waals surface area contributed by atoms with Crippen molar-refractivity contribution in [2.75, 3.05) is 32.7 Å². The Kier molecular flexibility index (Phi) is 7.49. The largest absolute Gasteiger partial charge is 0.379 e. The Bertz CT molecular complexity index is 614. The van der Waals surface area contributed by atoms with Gasteiger partial charge in [-0.3, -0.25) is 4.79 Å². The maximum atomic E-state index is 12.9. The molecule has 3 rings (SSSR count). The number of amides is 1. The molecule has 0 aliphatic carbocycles. The quantitative estimate of drug-likeness (QED) is 0.719. The van der Waals surface area contributed by atoms with Gasteiger partial charge in [0.2, 0.25) is 0 Å². The smallest absolute Gasteiger partial charge is 0.255 e. The number of likely N-dealkylation sites (tertiary alicyclic amines) is 2. The van der Waals surface area contributed by atoms with Gasteiger partial charge < -0.3 is 20.2 Å². The van der Waals surface area contributed by atoms with E-state index in [1.807, 2.05) is 11.0 Å². The molecule has 2 heterocycles. The molecule has 2 saturated heterocycles. The van der Waals surface area contributed by atoms with E-state index in [-0.39, 0.29) is 5.91 Å². The normalized spacial score (nSPS) is 24.9. The third kappa shape index (κ3) is 5.56. The summed E-state index contributed by atoms with van der Waals surface area (Å²) in [4.78, 5) is 17.3. The standard InChI is InChI=1S/C23H37N3O2/c1-19(2)25-16-11-21(12-17-25)24-18-23(28)13-7-15-26(22(23)27)14-6-10-20-8-4-3-5-9-20/h3-5,8-9,19,21,24,28H,6-7,10-18H2,1-2H3. The molecule has 28 heavy (non-hydrogen) atoms. The zero-order chi connectivity index (χ0) is 20.0. The Morgan fingerprint density at radius 3 is 2.57 bits per heavy atom. The van der Waals surface area contributed by atoms with Gasteiger partial charge in [0.1, 0.15) is 0 Å². The minimum Gasteiger partial charge on any atom is -0.379 e. The number of aryl methyl sites for hydroxylation is 1. The lowest BCUT2D eigenvalue weighted by molar-refractivity contribution is -0.156. The van der Waals surface area contributed by atoms with Crippen molar-refractivity contribution >= 4 is 5.91 Å². The van der Waals surface area contributed by atoms with Crippen LogP contribution in [0.1, 0.15) is 51.5 Å². The van der Waals surface area contributed by atoms with Gasteiger partial charge in [0, 0.05) is 31.7 Å². The lowest BCUT2D eigenvalue weighted by atomic mass is 9.90. The summed E-state index contributed by atoms with van der Waals surface area (Å²) in [6.45, 7) is 8.53. The maximum absolute atomic E-state index is 12.9. The number of hydrogen-bond acceptors (Lipinski definition) is 4. The van der Waals surface area contributed by atoms with Crippen molar-refractivity contribution in [3.05, 3.63) is 35.9 Å². The van der Waals surface area contributed by atoms with Crippen LogP contribution in [0.3, 0.4) is 0 Å². The molecule has 1 amide bonds. The highest BCUT2D eigenvalue weighted by Gasteiger charge is 2.42. The number of benzene rings is 1. The number of carbonyl (C=O) groups is 1. The predicted molar refractivity (Wildman–Crippen MR) is 113 cm³/mol. The van der Waals surface area contributed by atoms with Crippen LogP contribution in [0.15, 0.2) is 30.3 Å². The molecule has 156 valence electrons. The summed E-state index contributed by atoms with van der Waals surface area (Å²) >= 11 is 0. The number of nitrogens with zero attached hydrogens (tertiary/aromatic N) is 2. The first kappa shape index (κ1) is 21.3. The molecule has 2 fully saturated rings. The van der Waals surface area contributed by atoms with E-state index in [1.165, 1.54) is 5.56 Å². The monoisotopic (exact) mass is 387 g/mol. The van der Waals surface area contributed by atoms with E-state index in [9.17, 15) is 9.90 Å². The number of rotatable bonds is 8. The first-order valence-electron chi connectivity index (χ1n) is 11.0. The molecule has 1 unspecified atom stereocenters. The summed E-state index contributed by atoms with van der Waals surface area (Å²) < 4.78 is 0. The van der Waals surface area contributed by atoms with Crippen LogP contribution < -0.4 is 5.32 Å². The van der Waals surface area contributed by atoms with Crippen molar-refractivity contribution in [3.8, 4) is 0 Å². The van der Waals surface area contributed by atoms with Gasteiger partial charge in [-0.05, 0) is 71.0 Å². The van der Waals surface area contributed by atoms with E-state index < -0.39 is 5.60 Å². The zero-order valence-corrected chi connectivity index (χ0v) is 17.6. The summed E-state index contributed by atoms with van der Waals surface area (Å²) in [5, 5.41) is 14.5. The van der Waals surface area contributed by atoms with Gasteiger partial charge in [0.05, 0.1) is 0 Å². The Hall–Kier alpha value is -1.43. The Labute approximate surface area is 170 Å². The molecule has 0 spiro atoms. The van der Waals surface area contributed by atoms with E-state index in [2.05, 4.69) is 48.3 Å². The van der Waals surface area contributed by atoms with Crippen molar-refractivity contribution in [2.45, 2.75) is 70.1 Å². The Morgan fingerprint density at radius 2 is 1.89 bits per heavy atom. The Morgan fingerprint density at radius 1 is 1.18 bits per heavy atom. The molecule has 0 aromatic heterocycles. The van der Waals surface area contributed by atoms with E-state index in [0.717, 1.165) is 58.3 Å². The topological polar surface area (TPSA) is 55.8 Å². The fourth-order valence-electron chi connectivity index (χ4n) is 4.49. The lowest BCUT2D eigenvalue weighted by Crippen LogP contribution is -2.59. The van der Waals surface area contributed by atoms with E-state index in [1.54, 1.807) is 0 Å². The van der Waals surface area contributed by atoms with Crippen molar-refractivity contribution in [3.63, 3.8) is 0 Å². The third-order valence-corrected chi connectivity index (χ3v) is 6.38. The average Bonchev–Trinajstić information content (AvgIpc) is 2.71. The average molecular weight is 388 g/mol. The first-order valence-corrected chi connectivity index (χ1v) is 11.0. The molecule has 5 nitrogen and oxygen atoms in total. The summed E-state index contributed by atoms with van der Waals surface area (Å²) in [5.41, 5.74) is 0.0665. The fourth-order valence-corrected chi connectivity index (χ4v) is 4.49. The van der Waals surface area contributed by atoms with Gasteiger partial charge in [-0.25, -0.2) is 0 Å².